The summed E-state index contributed by atoms with van der Waals surface area (Å²) in [4.78, 5) is 4.70. The van der Waals surface area contributed by atoms with Gasteiger partial charge >= 0.3 is 0 Å². The summed E-state index contributed by atoms with van der Waals surface area (Å²) in [7, 11) is 0. The summed E-state index contributed by atoms with van der Waals surface area (Å²) in [5.74, 6) is 0.584. The highest BCUT2D eigenvalue weighted by Gasteiger charge is 2.17. The van der Waals surface area contributed by atoms with Gasteiger partial charge in [-0.25, -0.2) is 4.98 Å². The van der Waals surface area contributed by atoms with Gasteiger partial charge in [0.15, 0.2) is 10.9 Å². The summed E-state index contributed by atoms with van der Waals surface area (Å²) < 4.78 is 0. The molecule has 0 amide bonds. The van der Waals surface area contributed by atoms with Gasteiger partial charge in [0.1, 0.15) is 4.99 Å². The van der Waals surface area contributed by atoms with Crippen LogP contribution in [-0.2, 0) is 12.8 Å². The zero-order valence-corrected chi connectivity index (χ0v) is 13.4. The van der Waals surface area contributed by atoms with E-state index in [0.717, 1.165) is 40.5 Å². The van der Waals surface area contributed by atoms with Crippen LogP contribution in [-0.4, -0.2) is 20.2 Å². The number of aryl methyl sites for hydroxylation is 2. The molecular weight excluding hydrogens is 290 g/mol. The summed E-state index contributed by atoms with van der Waals surface area (Å²) in [6.07, 6.45) is 1.62. The maximum atomic E-state index is 5.88. The molecule has 0 saturated heterocycles. The van der Waals surface area contributed by atoms with Crippen LogP contribution < -0.4 is 11.1 Å². The largest absolute Gasteiger partial charge is 0.389 e. The van der Waals surface area contributed by atoms with Crippen molar-refractivity contribution in [3.05, 3.63) is 27.9 Å². The van der Waals surface area contributed by atoms with Gasteiger partial charge in [-0.15, -0.1) is 16.4 Å². The van der Waals surface area contributed by atoms with E-state index in [1.165, 1.54) is 11.3 Å². The smallest absolute Gasteiger partial charge is 0.188 e. The monoisotopic (exact) mass is 307 g/mol. The lowest BCUT2D eigenvalue weighted by Gasteiger charge is -2.14. The molecule has 3 N–H and O–H groups in total. The number of rotatable bonds is 5. The Balaban J connectivity index is 2.49. The highest BCUT2D eigenvalue weighted by atomic mass is 32.1. The van der Waals surface area contributed by atoms with Crippen LogP contribution in [0.1, 0.15) is 36.4 Å². The summed E-state index contributed by atoms with van der Waals surface area (Å²) >= 11 is 6.70. The van der Waals surface area contributed by atoms with Gasteiger partial charge in [0.05, 0.1) is 17.0 Å². The minimum atomic E-state index is 0.335. The number of hydrogen-bond donors (Lipinski definition) is 2. The van der Waals surface area contributed by atoms with Gasteiger partial charge in [-0.3, -0.25) is 0 Å². The Morgan fingerprint density at radius 3 is 2.60 bits per heavy atom. The van der Waals surface area contributed by atoms with Crippen molar-refractivity contribution in [3.8, 4) is 0 Å². The van der Waals surface area contributed by atoms with E-state index in [4.69, 9.17) is 18.0 Å². The van der Waals surface area contributed by atoms with Crippen LogP contribution in [0.15, 0.2) is 5.38 Å². The number of anilines is 2. The summed E-state index contributed by atoms with van der Waals surface area (Å²) in [5.41, 5.74) is 9.62. The third kappa shape index (κ3) is 2.94. The molecule has 20 heavy (non-hydrogen) atoms. The van der Waals surface area contributed by atoms with Crippen molar-refractivity contribution in [2.24, 2.45) is 5.73 Å². The zero-order valence-electron chi connectivity index (χ0n) is 11.7. The Kier molecular flexibility index (Phi) is 4.61. The first-order chi connectivity index (χ1) is 9.56. The fraction of sp³-hybridized carbons (Fsp3) is 0.385. The number of thiazole rings is 1. The second-order valence-corrected chi connectivity index (χ2v) is 5.64. The van der Waals surface area contributed by atoms with Crippen molar-refractivity contribution >= 4 is 39.5 Å². The van der Waals surface area contributed by atoms with E-state index in [9.17, 15) is 0 Å². The molecule has 0 aliphatic rings. The van der Waals surface area contributed by atoms with Crippen molar-refractivity contribution in [2.45, 2.75) is 33.6 Å². The Labute approximate surface area is 127 Å². The number of nitrogens with zero attached hydrogens (tertiary/aromatic N) is 3. The van der Waals surface area contributed by atoms with Gasteiger partial charge in [0.25, 0.3) is 0 Å². The third-order valence-corrected chi connectivity index (χ3v) is 4.02. The molecule has 106 valence electrons. The molecule has 0 aliphatic heterocycles. The lowest BCUT2D eigenvalue weighted by Crippen LogP contribution is -2.18. The zero-order chi connectivity index (χ0) is 14.7. The first kappa shape index (κ1) is 14.8. The van der Waals surface area contributed by atoms with E-state index in [0.29, 0.717) is 10.8 Å². The average molecular weight is 307 g/mol. The first-order valence-corrected chi connectivity index (χ1v) is 7.72. The van der Waals surface area contributed by atoms with Crippen LogP contribution in [0.5, 0.6) is 0 Å². The maximum Gasteiger partial charge on any atom is 0.188 e. The number of hydrogen-bond acceptors (Lipinski definition) is 6. The van der Waals surface area contributed by atoms with E-state index in [-0.39, 0.29) is 0 Å². The van der Waals surface area contributed by atoms with Gasteiger partial charge in [-0.1, -0.05) is 26.1 Å². The van der Waals surface area contributed by atoms with Gasteiger partial charge < -0.3 is 11.1 Å². The Morgan fingerprint density at radius 2 is 2.10 bits per heavy atom. The molecular formula is C13H17N5S2. The molecule has 2 rings (SSSR count). The summed E-state index contributed by atoms with van der Waals surface area (Å²) in [6, 6.07) is 0. The predicted molar refractivity (Wildman–Crippen MR) is 86.8 cm³/mol. The molecule has 0 aliphatic carbocycles. The molecule has 2 aromatic rings. The van der Waals surface area contributed by atoms with Crippen LogP contribution in [0.4, 0.5) is 10.9 Å². The normalized spacial score (nSPS) is 10.6. The Hall–Kier alpha value is -1.60. The summed E-state index contributed by atoms with van der Waals surface area (Å²) in [6.45, 7) is 6.05. The van der Waals surface area contributed by atoms with Crippen LogP contribution in [0.3, 0.4) is 0 Å². The third-order valence-electron chi connectivity index (χ3n) is 2.94. The van der Waals surface area contributed by atoms with Crippen molar-refractivity contribution in [2.75, 3.05) is 5.32 Å². The average Bonchev–Trinajstić information content (AvgIpc) is 2.83. The maximum absolute atomic E-state index is 5.88. The fourth-order valence-corrected chi connectivity index (χ4v) is 2.95. The summed E-state index contributed by atoms with van der Waals surface area (Å²) in [5, 5.41) is 14.4. The number of aromatic nitrogens is 3. The molecule has 0 spiro atoms. The Bertz CT molecular complexity index is 636. The van der Waals surface area contributed by atoms with Crippen molar-refractivity contribution in [1.82, 2.24) is 15.2 Å². The number of thiocarbonyl (C=S) groups is 1. The van der Waals surface area contributed by atoms with Gasteiger partial charge in [0, 0.05) is 5.38 Å². The lowest BCUT2D eigenvalue weighted by molar-refractivity contribution is 0.879. The second-order valence-electron chi connectivity index (χ2n) is 4.34. The quantitative estimate of drug-likeness (QED) is 0.827. The number of nitrogens with one attached hydrogen (secondary N) is 1. The van der Waals surface area contributed by atoms with E-state index < -0.39 is 0 Å². The first-order valence-electron chi connectivity index (χ1n) is 6.44. The van der Waals surface area contributed by atoms with E-state index >= 15 is 0 Å². The number of nitrogens with two attached hydrogens (primary N) is 1. The highest BCUT2D eigenvalue weighted by Crippen LogP contribution is 2.25. The molecule has 5 nitrogen and oxygen atoms in total. The Morgan fingerprint density at radius 1 is 1.35 bits per heavy atom. The van der Waals surface area contributed by atoms with Gasteiger partial charge in [0.2, 0.25) is 0 Å². The molecule has 0 radical (unpaired) electrons. The van der Waals surface area contributed by atoms with Crippen molar-refractivity contribution < 1.29 is 0 Å². The van der Waals surface area contributed by atoms with E-state index in [1.54, 1.807) is 0 Å². The fourth-order valence-electron chi connectivity index (χ4n) is 2.04. The van der Waals surface area contributed by atoms with Crippen molar-refractivity contribution in [1.29, 1.82) is 0 Å². The SMILES string of the molecule is CCc1nnc(Nc2nc(C)cs2)c(C(N)=S)c1CC. The van der Waals surface area contributed by atoms with E-state index in [1.807, 2.05) is 19.2 Å². The van der Waals surface area contributed by atoms with E-state index in [2.05, 4.69) is 27.4 Å². The molecule has 2 heterocycles. The van der Waals surface area contributed by atoms with Crippen LogP contribution in [0.25, 0.3) is 0 Å². The molecule has 7 heteroatoms. The van der Waals surface area contributed by atoms with Crippen LogP contribution in [0.2, 0.25) is 0 Å². The molecule has 2 aromatic heterocycles. The lowest BCUT2D eigenvalue weighted by atomic mass is 10.0. The molecule has 0 saturated carbocycles. The molecule has 0 fully saturated rings. The van der Waals surface area contributed by atoms with Gasteiger partial charge in [-0.2, -0.15) is 5.10 Å². The van der Waals surface area contributed by atoms with Crippen molar-refractivity contribution in [3.63, 3.8) is 0 Å². The molecule has 0 aromatic carbocycles. The highest BCUT2D eigenvalue weighted by molar-refractivity contribution is 7.80. The molecule has 0 bridgehead atoms. The topological polar surface area (TPSA) is 76.7 Å². The second kappa shape index (κ2) is 6.23. The van der Waals surface area contributed by atoms with Crippen LogP contribution >= 0.6 is 23.6 Å². The minimum Gasteiger partial charge on any atom is -0.389 e. The minimum absolute atomic E-state index is 0.335. The predicted octanol–water partition coefficient (Wildman–Crippen LogP) is 2.74. The standard InChI is InChI=1S/C13H17N5S2/c1-4-8-9(5-2)17-18-12(10(8)11(14)19)16-13-15-7(3)6-20-13/h6H,4-5H2,1-3H3,(H2,14,19)(H,15,16,18). The molecule has 0 atom stereocenters. The molecule has 0 unspecified atom stereocenters. The van der Waals surface area contributed by atoms with Crippen LogP contribution in [0, 0.1) is 6.92 Å². The van der Waals surface area contributed by atoms with Gasteiger partial charge in [-0.05, 0) is 25.3 Å².